The highest BCUT2D eigenvalue weighted by molar-refractivity contribution is 5.14. The number of nitrogens with zero attached hydrogens (tertiary/aromatic N) is 1. The molecule has 3 heteroatoms. The smallest absolute Gasteiger partial charge is 0.0579 e. The summed E-state index contributed by atoms with van der Waals surface area (Å²) in [6.07, 6.45) is 1.12. The van der Waals surface area contributed by atoms with Gasteiger partial charge in [-0.3, -0.25) is 4.90 Å². The predicted molar refractivity (Wildman–Crippen MR) is 76.9 cm³/mol. The summed E-state index contributed by atoms with van der Waals surface area (Å²) in [5, 5.41) is 9.60. The molecule has 0 amide bonds. The van der Waals surface area contributed by atoms with Gasteiger partial charge in [-0.15, -0.1) is 0 Å². The van der Waals surface area contributed by atoms with Gasteiger partial charge in [0.05, 0.1) is 25.2 Å². The highest BCUT2D eigenvalue weighted by atomic mass is 16.5. The van der Waals surface area contributed by atoms with Crippen molar-refractivity contribution >= 4 is 0 Å². The summed E-state index contributed by atoms with van der Waals surface area (Å²) >= 11 is 0. The second kappa shape index (κ2) is 6.51. The van der Waals surface area contributed by atoms with E-state index >= 15 is 0 Å². The summed E-state index contributed by atoms with van der Waals surface area (Å²) in [6, 6.07) is 11.1. The Bertz CT molecular complexity index is 370. The lowest BCUT2D eigenvalue weighted by atomic mass is 9.85. The summed E-state index contributed by atoms with van der Waals surface area (Å²) < 4.78 is 5.31. The molecule has 1 aliphatic rings. The molecule has 1 unspecified atom stereocenters. The Balaban J connectivity index is 2.03. The van der Waals surface area contributed by atoms with Crippen molar-refractivity contribution in [3.63, 3.8) is 0 Å². The first-order valence-electron chi connectivity index (χ1n) is 7.16. The van der Waals surface area contributed by atoms with Crippen molar-refractivity contribution in [3.8, 4) is 0 Å². The molecule has 1 aromatic rings. The summed E-state index contributed by atoms with van der Waals surface area (Å²) in [7, 11) is 0. The fourth-order valence-corrected chi connectivity index (χ4v) is 2.50. The van der Waals surface area contributed by atoms with Gasteiger partial charge in [-0.25, -0.2) is 0 Å². The van der Waals surface area contributed by atoms with E-state index in [9.17, 15) is 5.11 Å². The Morgan fingerprint density at radius 3 is 2.47 bits per heavy atom. The normalized spacial score (nSPS) is 19.2. The SMILES string of the molecule is CCC(C)N(Cc1ccccc1)CC1(CO)COC1. The van der Waals surface area contributed by atoms with E-state index < -0.39 is 0 Å². The molecule has 0 aromatic heterocycles. The summed E-state index contributed by atoms with van der Waals surface area (Å²) in [5.41, 5.74) is 1.29. The van der Waals surface area contributed by atoms with Gasteiger partial charge in [0.25, 0.3) is 0 Å². The number of ether oxygens (including phenoxy) is 1. The minimum absolute atomic E-state index is 0.0434. The van der Waals surface area contributed by atoms with Crippen LogP contribution in [0.1, 0.15) is 25.8 Å². The predicted octanol–water partition coefficient (Wildman–Crippen LogP) is 2.30. The third-order valence-corrected chi connectivity index (χ3v) is 4.13. The fraction of sp³-hybridized carbons (Fsp3) is 0.625. The van der Waals surface area contributed by atoms with Crippen LogP contribution in [0.3, 0.4) is 0 Å². The van der Waals surface area contributed by atoms with Crippen LogP contribution >= 0.6 is 0 Å². The Labute approximate surface area is 116 Å². The molecule has 0 aliphatic carbocycles. The van der Waals surface area contributed by atoms with Crippen LogP contribution in [0.25, 0.3) is 0 Å². The summed E-state index contributed by atoms with van der Waals surface area (Å²) in [5.74, 6) is 0. The third-order valence-electron chi connectivity index (χ3n) is 4.13. The van der Waals surface area contributed by atoms with Gasteiger partial charge < -0.3 is 9.84 Å². The van der Waals surface area contributed by atoms with E-state index in [0.29, 0.717) is 19.3 Å². The Morgan fingerprint density at radius 1 is 1.32 bits per heavy atom. The second-order valence-corrected chi connectivity index (χ2v) is 5.80. The van der Waals surface area contributed by atoms with Crippen LogP contribution in [0.4, 0.5) is 0 Å². The van der Waals surface area contributed by atoms with E-state index in [2.05, 4.69) is 43.0 Å². The molecule has 1 fully saturated rings. The van der Waals surface area contributed by atoms with Crippen LogP contribution in [0, 0.1) is 5.41 Å². The van der Waals surface area contributed by atoms with E-state index in [-0.39, 0.29) is 12.0 Å². The zero-order valence-electron chi connectivity index (χ0n) is 12.0. The van der Waals surface area contributed by atoms with Gasteiger partial charge in [0.1, 0.15) is 0 Å². The Morgan fingerprint density at radius 2 is 2.00 bits per heavy atom. The van der Waals surface area contributed by atoms with Gasteiger partial charge in [0, 0.05) is 19.1 Å². The molecule has 1 aliphatic heterocycles. The molecule has 2 rings (SSSR count). The number of aliphatic hydroxyl groups excluding tert-OH is 1. The van der Waals surface area contributed by atoms with Crippen LogP contribution in [0.15, 0.2) is 30.3 Å². The summed E-state index contributed by atoms with van der Waals surface area (Å²) in [6.45, 7) is 7.91. The van der Waals surface area contributed by atoms with E-state index in [4.69, 9.17) is 4.74 Å². The summed E-state index contributed by atoms with van der Waals surface area (Å²) in [4.78, 5) is 2.47. The zero-order chi connectivity index (χ0) is 13.7. The molecule has 0 spiro atoms. The fourth-order valence-electron chi connectivity index (χ4n) is 2.50. The molecule has 1 atom stereocenters. The Kier molecular flexibility index (Phi) is 4.97. The maximum atomic E-state index is 9.60. The lowest BCUT2D eigenvalue weighted by Gasteiger charge is -2.44. The van der Waals surface area contributed by atoms with E-state index in [0.717, 1.165) is 19.5 Å². The third kappa shape index (κ3) is 3.56. The second-order valence-electron chi connectivity index (χ2n) is 5.80. The minimum Gasteiger partial charge on any atom is -0.396 e. The monoisotopic (exact) mass is 263 g/mol. The molecule has 1 N–H and O–H groups in total. The first kappa shape index (κ1) is 14.5. The van der Waals surface area contributed by atoms with Gasteiger partial charge in [0.15, 0.2) is 0 Å². The van der Waals surface area contributed by atoms with Crippen molar-refractivity contribution < 1.29 is 9.84 Å². The zero-order valence-corrected chi connectivity index (χ0v) is 12.0. The first-order valence-corrected chi connectivity index (χ1v) is 7.16. The van der Waals surface area contributed by atoms with Crippen molar-refractivity contribution in [2.75, 3.05) is 26.4 Å². The number of benzene rings is 1. The molecule has 0 saturated carbocycles. The van der Waals surface area contributed by atoms with E-state index in [1.54, 1.807) is 0 Å². The maximum Gasteiger partial charge on any atom is 0.0579 e. The molecule has 3 nitrogen and oxygen atoms in total. The van der Waals surface area contributed by atoms with Crippen molar-refractivity contribution in [1.82, 2.24) is 4.90 Å². The standard InChI is InChI=1S/C16H25NO2/c1-3-14(2)17(9-15-7-5-4-6-8-15)10-16(11-18)12-19-13-16/h4-8,14,18H,3,9-13H2,1-2H3. The molecule has 0 bridgehead atoms. The van der Waals surface area contributed by atoms with Gasteiger partial charge in [-0.05, 0) is 18.9 Å². The molecule has 0 radical (unpaired) electrons. The van der Waals surface area contributed by atoms with Crippen molar-refractivity contribution in [2.24, 2.45) is 5.41 Å². The van der Waals surface area contributed by atoms with Crippen LogP contribution in [-0.4, -0.2) is 42.4 Å². The average molecular weight is 263 g/mol. The maximum absolute atomic E-state index is 9.60. The molecular formula is C16H25NO2. The highest BCUT2D eigenvalue weighted by Gasteiger charge is 2.40. The van der Waals surface area contributed by atoms with Gasteiger partial charge >= 0.3 is 0 Å². The van der Waals surface area contributed by atoms with Crippen LogP contribution in [-0.2, 0) is 11.3 Å². The number of hydrogen-bond donors (Lipinski definition) is 1. The van der Waals surface area contributed by atoms with Gasteiger partial charge in [0.2, 0.25) is 0 Å². The van der Waals surface area contributed by atoms with Crippen LogP contribution in [0.2, 0.25) is 0 Å². The number of aliphatic hydroxyl groups is 1. The van der Waals surface area contributed by atoms with Gasteiger partial charge in [-0.1, -0.05) is 37.3 Å². The quantitative estimate of drug-likeness (QED) is 0.819. The van der Waals surface area contributed by atoms with Gasteiger partial charge in [-0.2, -0.15) is 0 Å². The number of hydrogen-bond acceptors (Lipinski definition) is 3. The highest BCUT2D eigenvalue weighted by Crippen LogP contribution is 2.29. The Hall–Kier alpha value is -0.900. The number of rotatable bonds is 7. The largest absolute Gasteiger partial charge is 0.396 e. The molecule has 1 heterocycles. The van der Waals surface area contributed by atoms with Crippen molar-refractivity contribution in [1.29, 1.82) is 0 Å². The van der Waals surface area contributed by atoms with E-state index in [1.165, 1.54) is 5.56 Å². The van der Waals surface area contributed by atoms with Crippen molar-refractivity contribution in [2.45, 2.75) is 32.9 Å². The first-order chi connectivity index (χ1) is 9.19. The average Bonchev–Trinajstić information content (AvgIpc) is 2.42. The lowest BCUT2D eigenvalue weighted by molar-refractivity contribution is -0.152. The molecule has 1 aromatic carbocycles. The molecule has 1 saturated heterocycles. The molecule has 106 valence electrons. The lowest BCUT2D eigenvalue weighted by Crippen LogP contribution is -2.54. The molecule has 19 heavy (non-hydrogen) atoms. The minimum atomic E-state index is -0.0434. The topological polar surface area (TPSA) is 32.7 Å². The van der Waals surface area contributed by atoms with Crippen molar-refractivity contribution in [3.05, 3.63) is 35.9 Å². The van der Waals surface area contributed by atoms with E-state index in [1.807, 2.05) is 6.07 Å². The van der Waals surface area contributed by atoms with Crippen LogP contribution < -0.4 is 0 Å². The van der Waals surface area contributed by atoms with Crippen LogP contribution in [0.5, 0.6) is 0 Å². The molecular weight excluding hydrogens is 238 g/mol.